The Morgan fingerprint density at radius 3 is 2.76 bits per heavy atom. The molecular formula is C11H12BrN3S2. The highest BCUT2D eigenvalue weighted by molar-refractivity contribution is 9.10. The van der Waals surface area contributed by atoms with Crippen LogP contribution in [0.25, 0.3) is 0 Å². The third kappa shape index (κ3) is 3.28. The molecular weight excluding hydrogens is 318 g/mol. The van der Waals surface area contributed by atoms with Gasteiger partial charge in [-0.25, -0.2) is 4.98 Å². The standard InChI is InChI=1S/C11H12BrN3S2/c1-7(13)10(16-11-14-6-15-17-11)8-4-2-3-5-9(8)12/h2-7,10H,13H2,1H3. The maximum atomic E-state index is 6.07. The Balaban J connectivity index is 2.27. The number of nitrogens with two attached hydrogens (primary N) is 1. The molecule has 0 spiro atoms. The largest absolute Gasteiger partial charge is 0.327 e. The number of benzene rings is 1. The van der Waals surface area contributed by atoms with Crippen molar-refractivity contribution >= 4 is 39.2 Å². The molecule has 0 saturated heterocycles. The second kappa shape index (κ2) is 5.95. The average molecular weight is 330 g/mol. The van der Waals surface area contributed by atoms with Gasteiger partial charge < -0.3 is 5.73 Å². The number of halogens is 1. The minimum Gasteiger partial charge on any atom is -0.327 e. The lowest BCUT2D eigenvalue weighted by Gasteiger charge is -2.20. The summed E-state index contributed by atoms with van der Waals surface area (Å²) in [4.78, 5) is 4.19. The molecule has 2 N–H and O–H groups in total. The number of aromatic nitrogens is 2. The van der Waals surface area contributed by atoms with Crippen LogP contribution in [0.15, 0.2) is 39.4 Å². The molecule has 3 nitrogen and oxygen atoms in total. The van der Waals surface area contributed by atoms with E-state index in [-0.39, 0.29) is 11.3 Å². The van der Waals surface area contributed by atoms with Crippen molar-refractivity contribution in [1.82, 2.24) is 9.36 Å². The molecule has 0 aliphatic carbocycles. The van der Waals surface area contributed by atoms with Gasteiger partial charge >= 0.3 is 0 Å². The molecule has 1 heterocycles. The van der Waals surface area contributed by atoms with Gasteiger partial charge in [0.15, 0.2) is 4.34 Å². The summed E-state index contributed by atoms with van der Waals surface area (Å²) in [6.45, 7) is 2.01. The van der Waals surface area contributed by atoms with E-state index in [1.165, 1.54) is 17.1 Å². The van der Waals surface area contributed by atoms with Gasteiger partial charge in [0.05, 0.1) is 5.25 Å². The molecule has 2 rings (SSSR count). The Kier molecular flexibility index (Phi) is 4.55. The summed E-state index contributed by atoms with van der Waals surface area (Å²) in [6, 6.07) is 8.19. The second-order valence-electron chi connectivity index (χ2n) is 3.63. The van der Waals surface area contributed by atoms with Crippen molar-refractivity contribution in [2.75, 3.05) is 0 Å². The summed E-state index contributed by atoms with van der Waals surface area (Å²) < 4.78 is 6.04. The molecule has 0 saturated carbocycles. The van der Waals surface area contributed by atoms with E-state index < -0.39 is 0 Å². The predicted octanol–water partition coefficient (Wildman–Crippen LogP) is 3.48. The highest BCUT2D eigenvalue weighted by Gasteiger charge is 2.21. The fourth-order valence-corrected chi connectivity index (χ4v) is 3.93. The molecule has 1 aromatic carbocycles. The zero-order chi connectivity index (χ0) is 12.3. The molecule has 6 heteroatoms. The fourth-order valence-electron chi connectivity index (χ4n) is 1.48. The molecule has 0 amide bonds. The summed E-state index contributed by atoms with van der Waals surface area (Å²) in [6.07, 6.45) is 1.57. The maximum absolute atomic E-state index is 6.07. The van der Waals surface area contributed by atoms with E-state index in [2.05, 4.69) is 31.4 Å². The Morgan fingerprint density at radius 2 is 2.18 bits per heavy atom. The fraction of sp³-hybridized carbons (Fsp3) is 0.273. The molecule has 0 radical (unpaired) electrons. The lowest BCUT2D eigenvalue weighted by atomic mass is 10.1. The van der Waals surface area contributed by atoms with Crippen LogP contribution in [-0.2, 0) is 0 Å². The molecule has 2 unspecified atom stereocenters. The molecule has 1 aromatic heterocycles. The van der Waals surface area contributed by atoms with Gasteiger partial charge in [-0.15, -0.1) is 0 Å². The Morgan fingerprint density at radius 1 is 1.41 bits per heavy atom. The van der Waals surface area contributed by atoms with Crippen LogP contribution in [0.4, 0.5) is 0 Å². The number of hydrogen-bond acceptors (Lipinski definition) is 5. The lowest BCUT2D eigenvalue weighted by Crippen LogP contribution is -2.22. The first-order valence-corrected chi connectivity index (χ1v) is 7.56. The van der Waals surface area contributed by atoms with Crippen LogP contribution in [-0.4, -0.2) is 15.4 Å². The highest BCUT2D eigenvalue weighted by atomic mass is 79.9. The van der Waals surface area contributed by atoms with Crippen LogP contribution in [0.1, 0.15) is 17.7 Å². The van der Waals surface area contributed by atoms with Crippen molar-refractivity contribution in [3.8, 4) is 0 Å². The summed E-state index contributed by atoms with van der Waals surface area (Å²) in [5.74, 6) is 0. The molecule has 0 fully saturated rings. The molecule has 2 atom stereocenters. The first kappa shape index (κ1) is 13.0. The molecule has 0 aliphatic heterocycles. The lowest BCUT2D eigenvalue weighted by molar-refractivity contribution is 0.719. The SMILES string of the molecule is CC(N)C(Sc1ncns1)c1ccccc1Br. The van der Waals surface area contributed by atoms with Crippen molar-refractivity contribution in [1.29, 1.82) is 0 Å². The van der Waals surface area contributed by atoms with E-state index in [1.54, 1.807) is 18.1 Å². The Labute approximate surface area is 117 Å². The van der Waals surface area contributed by atoms with E-state index in [0.717, 1.165) is 8.81 Å². The zero-order valence-electron chi connectivity index (χ0n) is 9.21. The van der Waals surface area contributed by atoms with E-state index >= 15 is 0 Å². The highest BCUT2D eigenvalue weighted by Crippen LogP contribution is 2.40. The van der Waals surface area contributed by atoms with E-state index in [4.69, 9.17) is 5.73 Å². The average Bonchev–Trinajstić information content (AvgIpc) is 2.79. The van der Waals surface area contributed by atoms with Crippen LogP contribution in [0.3, 0.4) is 0 Å². The van der Waals surface area contributed by atoms with Gasteiger partial charge in [0.2, 0.25) is 0 Å². The predicted molar refractivity (Wildman–Crippen MR) is 76.3 cm³/mol. The minimum atomic E-state index is 0.0441. The van der Waals surface area contributed by atoms with Crippen molar-refractivity contribution in [3.05, 3.63) is 40.6 Å². The van der Waals surface area contributed by atoms with Crippen LogP contribution in [0.2, 0.25) is 0 Å². The van der Waals surface area contributed by atoms with Crippen molar-refractivity contribution < 1.29 is 0 Å². The van der Waals surface area contributed by atoms with Crippen molar-refractivity contribution in [3.63, 3.8) is 0 Å². The third-order valence-corrected chi connectivity index (χ3v) is 5.20. The third-order valence-electron chi connectivity index (χ3n) is 2.26. The first-order chi connectivity index (χ1) is 8.18. The maximum Gasteiger partial charge on any atom is 0.170 e. The van der Waals surface area contributed by atoms with Gasteiger partial charge in [0, 0.05) is 10.5 Å². The van der Waals surface area contributed by atoms with Crippen LogP contribution < -0.4 is 5.73 Å². The number of nitrogens with zero attached hydrogens (tertiary/aromatic N) is 2. The van der Waals surface area contributed by atoms with Gasteiger partial charge in [-0.2, -0.15) is 4.37 Å². The van der Waals surface area contributed by atoms with Crippen LogP contribution in [0.5, 0.6) is 0 Å². The first-order valence-electron chi connectivity index (χ1n) is 5.12. The van der Waals surface area contributed by atoms with E-state index in [9.17, 15) is 0 Å². The van der Waals surface area contributed by atoms with Gasteiger partial charge in [0.1, 0.15) is 6.33 Å². The molecule has 90 valence electrons. The van der Waals surface area contributed by atoms with Crippen molar-refractivity contribution in [2.45, 2.75) is 22.6 Å². The van der Waals surface area contributed by atoms with Gasteiger partial charge in [-0.05, 0) is 30.1 Å². The van der Waals surface area contributed by atoms with Crippen LogP contribution in [0, 0.1) is 0 Å². The summed E-state index contributed by atoms with van der Waals surface area (Å²) in [5, 5.41) is 0.179. The number of rotatable bonds is 4. The Hall–Kier alpha value is -0.430. The quantitative estimate of drug-likeness (QED) is 0.872. The Bertz CT molecular complexity index is 473. The van der Waals surface area contributed by atoms with Gasteiger partial charge in [-0.1, -0.05) is 45.9 Å². The van der Waals surface area contributed by atoms with E-state index in [0.29, 0.717) is 0 Å². The summed E-state index contributed by atoms with van der Waals surface area (Å²) in [7, 11) is 0. The van der Waals surface area contributed by atoms with Gasteiger partial charge in [-0.3, -0.25) is 0 Å². The minimum absolute atomic E-state index is 0.0441. The summed E-state index contributed by atoms with van der Waals surface area (Å²) >= 11 is 6.63. The van der Waals surface area contributed by atoms with Crippen molar-refractivity contribution in [2.24, 2.45) is 5.73 Å². The molecule has 0 bridgehead atoms. The normalized spacial score (nSPS) is 14.5. The molecule has 0 aliphatic rings. The smallest absolute Gasteiger partial charge is 0.170 e. The second-order valence-corrected chi connectivity index (χ2v) is 6.65. The molecule has 2 aromatic rings. The monoisotopic (exact) mass is 329 g/mol. The molecule has 17 heavy (non-hydrogen) atoms. The summed E-state index contributed by atoms with van der Waals surface area (Å²) in [5.41, 5.74) is 7.27. The number of thioether (sulfide) groups is 1. The topological polar surface area (TPSA) is 51.8 Å². The number of hydrogen-bond donors (Lipinski definition) is 1. The van der Waals surface area contributed by atoms with E-state index in [1.807, 2.05) is 25.1 Å². The van der Waals surface area contributed by atoms with Gasteiger partial charge in [0.25, 0.3) is 0 Å². The zero-order valence-corrected chi connectivity index (χ0v) is 12.4. The van der Waals surface area contributed by atoms with Crippen LogP contribution >= 0.6 is 39.2 Å².